The van der Waals surface area contributed by atoms with Gasteiger partial charge in [0.1, 0.15) is 6.10 Å². The fourth-order valence-corrected chi connectivity index (χ4v) is 1.76. The molecule has 0 aromatic carbocycles. The zero-order valence-corrected chi connectivity index (χ0v) is 8.74. The van der Waals surface area contributed by atoms with Crippen LogP contribution in [-0.2, 0) is 0 Å². The second-order valence-electron chi connectivity index (χ2n) is 3.10. The lowest BCUT2D eigenvalue weighted by Gasteiger charge is -2.11. The van der Waals surface area contributed by atoms with E-state index in [1.54, 1.807) is 12.1 Å². The Kier molecular flexibility index (Phi) is 4.56. The molecule has 86 valence electrons. The lowest BCUT2D eigenvalue weighted by atomic mass is 10.3. The molecule has 1 unspecified atom stereocenters. The average molecular weight is 239 g/mol. The van der Waals surface area contributed by atoms with Crippen LogP contribution in [0.5, 0.6) is 0 Å². The Morgan fingerprint density at radius 3 is 2.73 bits per heavy atom. The summed E-state index contributed by atoms with van der Waals surface area (Å²) in [6.45, 7) is -0.0114. The van der Waals surface area contributed by atoms with Crippen molar-refractivity contribution in [2.24, 2.45) is 0 Å². The predicted molar refractivity (Wildman–Crippen MR) is 52.8 cm³/mol. The van der Waals surface area contributed by atoms with E-state index in [2.05, 4.69) is 5.32 Å². The summed E-state index contributed by atoms with van der Waals surface area (Å²) < 4.78 is 35.3. The summed E-state index contributed by atoms with van der Waals surface area (Å²) >= 11 is 1.38. The first-order chi connectivity index (χ1) is 6.99. The van der Waals surface area contributed by atoms with Crippen LogP contribution in [0.1, 0.15) is 17.4 Å². The lowest BCUT2D eigenvalue weighted by Crippen LogP contribution is -2.25. The van der Waals surface area contributed by atoms with E-state index in [0.717, 1.165) is 4.88 Å². The fourth-order valence-electron chi connectivity index (χ4n) is 1.05. The van der Waals surface area contributed by atoms with E-state index in [4.69, 9.17) is 0 Å². The average Bonchev–Trinajstić information content (AvgIpc) is 2.63. The second-order valence-corrected chi connectivity index (χ2v) is 4.08. The van der Waals surface area contributed by atoms with E-state index in [1.165, 1.54) is 11.3 Å². The van der Waals surface area contributed by atoms with Gasteiger partial charge < -0.3 is 10.4 Å². The molecule has 0 radical (unpaired) electrons. The lowest BCUT2D eigenvalue weighted by molar-refractivity contribution is -0.133. The van der Waals surface area contributed by atoms with E-state index < -0.39 is 18.7 Å². The maximum Gasteiger partial charge on any atom is 0.390 e. The first-order valence-electron chi connectivity index (χ1n) is 4.48. The Hall–Kier alpha value is -0.590. The molecule has 2 N–H and O–H groups in total. The topological polar surface area (TPSA) is 32.3 Å². The summed E-state index contributed by atoms with van der Waals surface area (Å²) in [4.78, 5) is 0.759. The molecule has 0 amide bonds. The number of nitrogens with one attached hydrogen (secondary N) is 1. The van der Waals surface area contributed by atoms with Crippen LogP contribution in [0.2, 0.25) is 0 Å². The van der Waals surface area contributed by atoms with Gasteiger partial charge >= 0.3 is 6.18 Å². The molecule has 0 saturated heterocycles. The quantitative estimate of drug-likeness (QED) is 0.773. The van der Waals surface area contributed by atoms with Gasteiger partial charge in [0.25, 0.3) is 0 Å². The van der Waals surface area contributed by atoms with Gasteiger partial charge in [-0.05, 0) is 11.4 Å². The Bertz CT molecular complexity index is 273. The number of rotatable bonds is 5. The minimum atomic E-state index is -4.14. The zero-order valence-electron chi connectivity index (χ0n) is 7.92. The van der Waals surface area contributed by atoms with Gasteiger partial charge in [0.2, 0.25) is 0 Å². The normalized spacial score (nSPS) is 14.1. The van der Waals surface area contributed by atoms with Gasteiger partial charge in [-0.3, -0.25) is 0 Å². The summed E-state index contributed by atoms with van der Waals surface area (Å²) in [5, 5.41) is 13.9. The molecule has 1 rings (SSSR count). The van der Waals surface area contributed by atoms with Gasteiger partial charge in [0.05, 0.1) is 6.42 Å². The number of hydrogen-bond donors (Lipinski definition) is 2. The van der Waals surface area contributed by atoms with E-state index in [9.17, 15) is 18.3 Å². The molecule has 0 saturated carbocycles. The molecule has 15 heavy (non-hydrogen) atoms. The van der Waals surface area contributed by atoms with Crippen LogP contribution in [0.3, 0.4) is 0 Å². The van der Waals surface area contributed by atoms with Crippen molar-refractivity contribution in [3.63, 3.8) is 0 Å². The van der Waals surface area contributed by atoms with Crippen molar-refractivity contribution in [2.75, 3.05) is 13.1 Å². The Balaban J connectivity index is 2.16. The molecule has 1 aromatic heterocycles. The van der Waals surface area contributed by atoms with Crippen LogP contribution in [-0.4, -0.2) is 24.4 Å². The third-order valence-corrected chi connectivity index (χ3v) is 2.77. The molecule has 6 heteroatoms. The zero-order chi connectivity index (χ0) is 11.3. The van der Waals surface area contributed by atoms with Gasteiger partial charge in [-0.1, -0.05) is 6.07 Å². The third-order valence-electron chi connectivity index (χ3n) is 1.79. The Morgan fingerprint density at radius 1 is 1.47 bits per heavy atom. The molecule has 1 heterocycles. The fraction of sp³-hybridized carbons (Fsp3) is 0.556. The van der Waals surface area contributed by atoms with Crippen LogP contribution in [0, 0.1) is 0 Å². The Morgan fingerprint density at radius 2 is 2.20 bits per heavy atom. The van der Waals surface area contributed by atoms with Gasteiger partial charge in [0.15, 0.2) is 0 Å². The van der Waals surface area contributed by atoms with Gasteiger partial charge in [-0.25, -0.2) is 0 Å². The minimum Gasteiger partial charge on any atom is -0.386 e. The van der Waals surface area contributed by atoms with Crippen molar-refractivity contribution in [2.45, 2.75) is 18.7 Å². The first-order valence-corrected chi connectivity index (χ1v) is 5.36. The van der Waals surface area contributed by atoms with Gasteiger partial charge in [-0.15, -0.1) is 11.3 Å². The summed E-state index contributed by atoms with van der Waals surface area (Å²) in [5.41, 5.74) is 0. The molecule has 1 aromatic rings. The number of halogens is 3. The minimum absolute atomic E-state index is 0.149. The number of aliphatic hydroxyl groups is 1. The summed E-state index contributed by atoms with van der Waals surface area (Å²) in [5.74, 6) is 0. The molecule has 0 bridgehead atoms. The molecule has 0 aliphatic carbocycles. The maximum absolute atomic E-state index is 11.8. The van der Waals surface area contributed by atoms with Crippen LogP contribution < -0.4 is 5.32 Å². The monoisotopic (exact) mass is 239 g/mol. The summed E-state index contributed by atoms with van der Waals surface area (Å²) in [6.07, 6.45) is -5.73. The molecular formula is C9H12F3NOS. The highest BCUT2D eigenvalue weighted by Gasteiger charge is 2.26. The van der Waals surface area contributed by atoms with Crippen molar-refractivity contribution < 1.29 is 18.3 Å². The third kappa shape index (κ3) is 5.15. The molecule has 0 aliphatic heterocycles. The molecule has 1 atom stereocenters. The maximum atomic E-state index is 11.8. The molecule has 0 spiro atoms. The SMILES string of the molecule is OC(CNCCC(F)(F)F)c1cccs1. The first kappa shape index (κ1) is 12.5. The number of alkyl halides is 3. The molecule has 2 nitrogen and oxygen atoms in total. The molecule has 0 aliphatic rings. The Labute approximate surface area is 89.7 Å². The highest BCUT2D eigenvalue weighted by Crippen LogP contribution is 2.19. The smallest absolute Gasteiger partial charge is 0.386 e. The van der Waals surface area contributed by atoms with Crippen molar-refractivity contribution in [3.05, 3.63) is 22.4 Å². The summed E-state index contributed by atoms with van der Waals surface area (Å²) in [7, 11) is 0. The number of hydrogen-bond acceptors (Lipinski definition) is 3. The number of thiophene rings is 1. The van der Waals surface area contributed by atoms with Crippen LogP contribution in [0.4, 0.5) is 13.2 Å². The highest BCUT2D eigenvalue weighted by atomic mass is 32.1. The van der Waals surface area contributed by atoms with Gasteiger partial charge in [-0.2, -0.15) is 13.2 Å². The number of aliphatic hydroxyl groups excluding tert-OH is 1. The standard InChI is InChI=1S/C9H12F3NOS/c10-9(11,12)3-4-13-6-7(14)8-2-1-5-15-8/h1-2,5,7,13-14H,3-4,6H2. The summed E-state index contributed by atoms with van der Waals surface area (Å²) in [6, 6.07) is 3.54. The van der Waals surface area contributed by atoms with Crippen molar-refractivity contribution in [1.82, 2.24) is 5.32 Å². The highest BCUT2D eigenvalue weighted by molar-refractivity contribution is 7.10. The molecule has 0 fully saturated rings. The van der Waals surface area contributed by atoms with Crippen molar-refractivity contribution >= 4 is 11.3 Å². The van der Waals surface area contributed by atoms with Crippen molar-refractivity contribution in [3.8, 4) is 0 Å². The van der Waals surface area contributed by atoms with Crippen LogP contribution in [0.25, 0.3) is 0 Å². The largest absolute Gasteiger partial charge is 0.390 e. The van der Waals surface area contributed by atoms with E-state index in [0.29, 0.717) is 0 Å². The van der Waals surface area contributed by atoms with E-state index in [-0.39, 0.29) is 13.1 Å². The molecular weight excluding hydrogens is 227 g/mol. The van der Waals surface area contributed by atoms with E-state index in [1.807, 2.05) is 5.38 Å². The van der Waals surface area contributed by atoms with Gasteiger partial charge in [0, 0.05) is 18.0 Å². The predicted octanol–water partition coefficient (Wildman–Crippen LogP) is 2.32. The van der Waals surface area contributed by atoms with Crippen LogP contribution in [0.15, 0.2) is 17.5 Å². The second kappa shape index (κ2) is 5.48. The van der Waals surface area contributed by atoms with Crippen LogP contribution >= 0.6 is 11.3 Å². The van der Waals surface area contributed by atoms with Crippen molar-refractivity contribution in [1.29, 1.82) is 0 Å². The van der Waals surface area contributed by atoms with E-state index >= 15 is 0 Å².